The van der Waals surface area contributed by atoms with Crippen molar-refractivity contribution in [2.45, 2.75) is 25.2 Å². The lowest BCUT2D eigenvalue weighted by atomic mass is 9.91. The van der Waals surface area contributed by atoms with E-state index in [0.717, 1.165) is 30.4 Å². The number of likely N-dealkylation sites (tertiary alicyclic amines) is 1. The van der Waals surface area contributed by atoms with Gasteiger partial charge in [-0.15, -0.1) is 0 Å². The lowest BCUT2D eigenvalue weighted by molar-refractivity contribution is -0.139. The van der Waals surface area contributed by atoms with Crippen molar-refractivity contribution in [2.24, 2.45) is 11.3 Å². The molecular weight excluding hydrogens is 432 g/mol. The van der Waals surface area contributed by atoms with Gasteiger partial charge in [-0.2, -0.15) is 0 Å². The van der Waals surface area contributed by atoms with E-state index >= 15 is 0 Å². The normalized spacial score (nSPS) is 20.1. The van der Waals surface area contributed by atoms with Crippen LogP contribution in [0, 0.1) is 11.3 Å². The highest BCUT2D eigenvalue weighted by atomic mass is 16.5. The maximum atomic E-state index is 12.4. The summed E-state index contributed by atoms with van der Waals surface area (Å²) in [5.74, 6) is -1.08. The fraction of sp³-hybridized carbons (Fsp3) is 0.370. The molecule has 0 bridgehead atoms. The van der Waals surface area contributed by atoms with Crippen molar-refractivity contribution in [3.63, 3.8) is 0 Å². The Hall–Kier alpha value is -3.61. The summed E-state index contributed by atoms with van der Waals surface area (Å²) in [4.78, 5) is 37.5. The number of aliphatic carboxylic acids is 1. The zero-order valence-corrected chi connectivity index (χ0v) is 18.9. The highest BCUT2D eigenvalue weighted by Crippen LogP contribution is 2.59. The molecule has 2 amide bonds. The number of amides is 2. The molecule has 1 aliphatic heterocycles. The number of rotatable bonds is 6. The van der Waals surface area contributed by atoms with Gasteiger partial charge in [0.25, 0.3) is 0 Å². The molecule has 2 fully saturated rings. The van der Waals surface area contributed by atoms with Crippen LogP contribution in [0.4, 0.5) is 4.79 Å². The molecule has 7 nitrogen and oxygen atoms in total. The quantitative estimate of drug-likeness (QED) is 0.640. The Kier molecular flexibility index (Phi) is 5.86. The van der Waals surface area contributed by atoms with Crippen LogP contribution in [0.1, 0.15) is 36.3 Å². The number of carboxylic acids is 1. The summed E-state index contributed by atoms with van der Waals surface area (Å²) >= 11 is 0. The van der Waals surface area contributed by atoms with E-state index in [1.54, 1.807) is 11.0 Å². The summed E-state index contributed by atoms with van der Waals surface area (Å²) in [6.45, 7) is 1.59. The molecule has 0 aromatic heterocycles. The molecule has 176 valence electrons. The van der Waals surface area contributed by atoms with Crippen LogP contribution >= 0.6 is 0 Å². The van der Waals surface area contributed by atoms with Gasteiger partial charge < -0.3 is 20.1 Å². The van der Waals surface area contributed by atoms with Crippen molar-refractivity contribution in [3.8, 4) is 11.1 Å². The predicted molar refractivity (Wildman–Crippen MR) is 126 cm³/mol. The Morgan fingerprint density at radius 3 is 2.24 bits per heavy atom. The number of fused-ring (bicyclic) bond motifs is 3. The number of nitrogens with zero attached hydrogens (tertiary/aromatic N) is 1. The molecule has 0 radical (unpaired) electrons. The summed E-state index contributed by atoms with van der Waals surface area (Å²) in [6.07, 6.45) is 4.76. The number of carbonyl (C=O) groups is 3. The molecule has 1 heterocycles. The average molecular weight is 461 g/mol. The van der Waals surface area contributed by atoms with Crippen LogP contribution in [-0.4, -0.2) is 54.2 Å². The molecule has 2 aliphatic carbocycles. The minimum absolute atomic E-state index is 0.00450. The summed E-state index contributed by atoms with van der Waals surface area (Å²) < 4.78 is 5.50. The molecule has 1 spiro atoms. The molecule has 7 heteroatoms. The van der Waals surface area contributed by atoms with E-state index in [-0.39, 0.29) is 36.3 Å². The second-order valence-electron chi connectivity index (χ2n) is 9.39. The number of nitrogens with one attached hydrogen (secondary N) is 1. The Bertz CT molecular complexity index is 1100. The monoisotopic (exact) mass is 460 g/mol. The van der Waals surface area contributed by atoms with Gasteiger partial charge in [0.1, 0.15) is 6.61 Å². The van der Waals surface area contributed by atoms with E-state index in [2.05, 4.69) is 29.6 Å². The Morgan fingerprint density at radius 2 is 1.65 bits per heavy atom. The molecule has 34 heavy (non-hydrogen) atoms. The Balaban J connectivity index is 1.06. The molecule has 3 aliphatic rings. The van der Waals surface area contributed by atoms with Gasteiger partial charge in [-0.3, -0.25) is 9.59 Å². The average Bonchev–Trinajstić information content (AvgIpc) is 3.46. The molecule has 5 rings (SSSR count). The van der Waals surface area contributed by atoms with Gasteiger partial charge in [-0.1, -0.05) is 54.6 Å². The van der Waals surface area contributed by atoms with Gasteiger partial charge in [0.05, 0.1) is 5.92 Å². The van der Waals surface area contributed by atoms with Crippen LogP contribution in [0.3, 0.4) is 0 Å². The third kappa shape index (κ3) is 4.18. The molecule has 2 N–H and O–H groups in total. The molecule has 1 saturated carbocycles. The first-order valence-corrected chi connectivity index (χ1v) is 11.8. The van der Waals surface area contributed by atoms with E-state index in [4.69, 9.17) is 4.74 Å². The van der Waals surface area contributed by atoms with E-state index in [1.165, 1.54) is 17.2 Å². The topological polar surface area (TPSA) is 95.9 Å². The van der Waals surface area contributed by atoms with Crippen molar-refractivity contribution >= 4 is 18.0 Å². The third-order valence-electron chi connectivity index (χ3n) is 7.53. The molecule has 2 aromatic carbocycles. The number of alkyl carbamates (subject to hydrolysis) is 1. The maximum absolute atomic E-state index is 12.4. The van der Waals surface area contributed by atoms with Crippen LogP contribution < -0.4 is 5.32 Å². The SMILES string of the molecule is O=C(NC/C=C/C(=O)N1CCC2(CC1)CC2C(=O)O)OCC1c2ccccc2-c2ccccc21. The number of benzene rings is 2. The van der Waals surface area contributed by atoms with E-state index < -0.39 is 12.1 Å². The van der Waals surface area contributed by atoms with Crippen LogP contribution in [0.25, 0.3) is 11.1 Å². The summed E-state index contributed by atoms with van der Waals surface area (Å²) in [7, 11) is 0. The molecule has 1 atom stereocenters. The standard InChI is InChI=1S/C27H28N2O5/c30-24(29-14-11-27(12-15-29)16-23(27)25(31)32)10-5-13-28-26(33)34-17-22-20-8-3-1-6-18(20)19-7-2-4-9-21(19)22/h1-10,22-23H,11-17H2,(H,28,33)(H,31,32)/b10-5+. The molecule has 2 aromatic rings. The van der Waals surface area contributed by atoms with E-state index in [0.29, 0.717) is 13.1 Å². The van der Waals surface area contributed by atoms with Crippen molar-refractivity contribution < 1.29 is 24.2 Å². The van der Waals surface area contributed by atoms with Gasteiger partial charge in [-0.05, 0) is 46.9 Å². The molecule has 1 saturated heterocycles. The fourth-order valence-corrected chi connectivity index (χ4v) is 5.48. The third-order valence-corrected chi connectivity index (χ3v) is 7.53. The van der Waals surface area contributed by atoms with E-state index in [1.807, 2.05) is 24.3 Å². The molecule has 1 unspecified atom stereocenters. The highest BCUT2D eigenvalue weighted by molar-refractivity contribution is 5.88. The number of hydrogen-bond donors (Lipinski definition) is 2. The van der Waals surface area contributed by atoms with Gasteiger partial charge in [0.15, 0.2) is 0 Å². The smallest absolute Gasteiger partial charge is 0.407 e. The first-order chi connectivity index (χ1) is 16.5. The number of hydrogen-bond acceptors (Lipinski definition) is 4. The van der Waals surface area contributed by atoms with Gasteiger partial charge in [-0.25, -0.2) is 4.79 Å². The fourth-order valence-electron chi connectivity index (χ4n) is 5.48. The van der Waals surface area contributed by atoms with E-state index in [9.17, 15) is 19.5 Å². The van der Waals surface area contributed by atoms with Crippen LogP contribution in [0.2, 0.25) is 0 Å². The Labute approximate surface area is 198 Å². The largest absolute Gasteiger partial charge is 0.481 e. The number of carboxylic acid groups (broad SMARTS) is 1. The minimum Gasteiger partial charge on any atom is -0.481 e. The first-order valence-electron chi connectivity index (χ1n) is 11.8. The number of ether oxygens (including phenoxy) is 1. The van der Waals surface area contributed by atoms with Gasteiger partial charge in [0.2, 0.25) is 5.91 Å². The second kappa shape index (κ2) is 8.97. The zero-order valence-electron chi connectivity index (χ0n) is 18.9. The second-order valence-corrected chi connectivity index (χ2v) is 9.39. The van der Waals surface area contributed by atoms with Crippen molar-refractivity contribution in [2.75, 3.05) is 26.2 Å². The van der Waals surface area contributed by atoms with Crippen LogP contribution in [-0.2, 0) is 14.3 Å². The zero-order chi connectivity index (χ0) is 23.7. The van der Waals surface area contributed by atoms with Crippen molar-refractivity contribution in [1.29, 1.82) is 0 Å². The highest BCUT2D eigenvalue weighted by Gasteiger charge is 2.59. The maximum Gasteiger partial charge on any atom is 0.407 e. The number of carbonyl (C=O) groups excluding carboxylic acids is 2. The summed E-state index contributed by atoms with van der Waals surface area (Å²) in [6, 6.07) is 16.3. The predicted octanol–water partition coefficient (Wildman–Crippen LogP) is 3.79. The van der Waals surface area contributed by atoms with Crippen molar-refractivity contribution in [1.82, 2.24) is 10.2 Å². The number of piperidine rings is 1. The van der Waals surface area contributed by atoms with Crippen molar-refractivity contribution in [3.05, 3.63) is 71.8 Å². The van der Waals surface area contributed by atoms with Gasteiger partial charge in [0, 0.05) is 31.6 Å². The van der Waals surface area contributed by atoms with Crippen LogP contribution in [0.5, 0.6) is 0 Å². The minimum atomic E-state index is -0.723. The molecular formula is C27H28N2O5. The first kappa shape index (κ1) is 22.2. The van der Waals surface area contributed by atoms with Crippen LogP contribution in [0.15, 0.2) is 60.7 Å². The van der Waals surface area contributed by atoms with Gasteiger partial charge >= 0.3 is 12.1 Å². The lowest BCUT2D eigenvalue weighted by Crippen LogP contribution is -2.39. The summed E-state index contributed by atoms with van der Waals surface area (Å²) in [5, 5.41) is 11.9. The Morgan fingerprint density at radius 1 is 1.03 bits per heavy atom. The summed E-state index contributed by atoms with van der Waals surface area (Å²) in [5.41, 5.74) is 4.57. The lowest BCUT2D eigenvalue weighted by Gasteiger charge is -2.31.